The number of benzene rings is 8. The van der Waals surface area contributed by atoms with Gasteiger partial charge in [0, 0.05) is 45.0 Å². The van der Waals surface area contributed by atoms with Crippen LogP contribution in [0.1, 0.15) is 480 Å². The van der Waals surface area contributed by atoms with Gasteiger partial charge in [-0.3, -0.25) is 19.7 Å². The van der Waals surface area contributed by atoms with Crippen molar-refractivity contribution in [2.45, 2.75) is 439 Å². The summed E-state index contributed by atoms with van der Waals surface area (Å²) in [5.41, 5.74) is 3.48. The Morgan fingerprint density at radius 3 is 0.838 bits per heavy atom. The van der Waals surface area contributed by atoms with E-state index in [1.165, 1.54) is 308 Å². The third-order valence-corrected chi connectivity index (χ3v) is 29.5. The van der Waals surface area contributed by atoms with E-state index in [0.29, 0.717) is 81.1 Å². The SMILES string of the molecule is CCCCCCCCCCCCCCCCCCOC(=O)c1c2c(c(C(=O)OCCCCCCCCCCCCCCCCCC)c3ccccc13)-c1nc-2nc2n[c-](nc3nc(nc4nc([n-]1)-c1cc5ccccc5cc1-4)-c1cc4ccccc4cc1-3)c1c(C(=O)OCCCCCCCCCCCCCCCCCC)c3ccccc3c(C(=O)OCCCCCCCCCCCCCCCCCC)c21.[O]=[V+2]. The Hall–Kier alpha value is -9.58. The molecular weight excluding hydrogens is 1800 g/mol. The molecule has 3 aliphatic rings. The number of esters is 4. The number of carbonyl (C=O) groups is 4. The summed E-state index contributed by atoms with van der Waals surface area (Å²) in [5.74, 6) is -1.45. The van der Waals surface area contributed by atoms with Crippen LogP contribution in [0.5, 0.6) is 0 Å². The third kappa shape index (κ3) is 33.7. The van der Waals surface area contributed by atoms with E-state index in [0.717, 1.165) is 116 Å². The summed E-state index contributed by atoms with van der Waals surface area (Å²) in [6, 6.07) is 39.4. The number of unbranched alkanes of at least 4 members (excludes halogenated alkanes) is 60. The number of carbonyl (C=O) groups excluding carboxylic acids is 4. The van der Waals surface area contributed by atoms with Gasteiger partial charge in [0.05, 0.1) is 60.5 Å². The Balaban J connectivity index is 0.00000895. The van der Waals surface area contributed by atoms with Crippen molar-refractivity contribution in [2.75, 3.05) is 26.4 Å². The molecule has 0 radical (unpaired) electrons. The summed E-state index contributed by atoms with van der Waals surface area (Å²) in [5, 5.41) is 5.83. The number of ether oxygens (including phenoxy) is 4. The van der Waals surface area contributed by atoms with E-state index in [2.05, 4.69) is 76.2 Å². The third-order valence-electron chi connectivity index (χ3n) is 29.5. The molecule has 10 aromatic rings. The molecule has 5 heterocycles. The zero-order valence-electron chi connectivity index (χ0n) is 87.3. The quantitative estimate of drug-likeness (QED) is 0.0149. The zero-order valence-corrected chi connectivity index (χ0v) is 88.7. The molecule has 0 saturated carbocycles. The standard InChI is InChI=1S/C124H168N8O8.O.V/c1-5-9-13-17-21-25-29-33-37-41-45-49-53-57-61-73-85-137-121(133)105-97-81-69-71-83-99(97)107(123(135)139-87-75-63-59-55-51-47-43-39-35-31-27-23-19-15-11-7-3)111-109(105)117-128-115-103-91-95-79-67-65-77-93(95)89-101(103)113(126-115)125-114-102-90-94-78-66-68-80-96(94)92-104(102)116(127-114)129-118-110-106(122(134)138-86-74-62-58-54-50-46-42-38-34-30-26-22-18-14-10-6-2)98-82-70-72-84-100(98)108(112(110)120(131-118)132-119(111)130-117)124(136)140-88-76-64-60-56-52-48-44-40-36-32-28-24-20-16-12-8-4;;/h65-72,77-84,89-92H,5-64,73-76,85-88H2,1-4H3;;/q-2;;+2. The first-order chi connectivity index (χ1) is 70.2. The van der Waals surface area contributed by atoms with Crippen LogP contribution in [0, 0.1) is 0 Å². The molecule has 0 aliphatic carbocycles. The van der Waals surface area contributed by atoms with Crippen LogP contribution in [0.15, 0.2) is 121 Å². The van der Waals surface area contributed by atoms with Gasteiger partial charge in [-0.2, -0.15) is 0 Å². The average molecular weight is 1970 g/mol. The number of fused-ring (bicyclic) bond motifs is 24. The van der Waals surface area contributed by atoms with Gasteiger partial charge in [-0.15, -0.1) is 0 Å². The van der Waals surface area contributed by atoms with Crippen LogP contribution >= 0.6 is 0 Å². The molecule has 3 aliphatic heterocycles. The topological polar surface area (TPSA) is 227 Å². The van der Waals surface area contributed by atoms with Crippen molar-refractivity contribution in [1.82, 2.24) is 39.9 Å². The van der Waals surface area contributed by atoms with Gasteiger partial charge in [-0.1, -0.05) is 527 Å². The molecule has 2 aromatic heterocycles. The maximum atomic E-state index is 16.2. The summed E-state index contributed by atoms with van der Waals surface area (Å²) < 4.78 is 34.5. The molecule has 8 aromatic carbocycles. The Morgan fingerprint density at radius 1 is 0.254 bits per heavy atom. The monoisotopic (exact) mass is 1960 g/mol. The summed E-state index contributed by atoms with van der Waals surface area (Å²) in [4.78, 5) is 109. The van der Waals surface area contributed by atoms with Crippen LogP contribution in [-0.2, 0) is 40.0 Å². The van der Waals surface area contributed by atoms with Crippen molar-refractivity contribution in [3.63, 3.8) is 0 Å². The van der Waals surface area contributed by atoms with E-state index in [1.807, 2.05) is 72.8 Å². The Bertz CT molecular complexity index is 5760. The molecule has 142 heavy (non-hydrogen) atoms. The molecular formula is C124H168N8O9V. The molecule has 13 rings (SSSR count). The second kappa shape index (κ2) is 64.3. The van der Waals surface area contributed by atoms with Crippen LogP contribution < -0.4 is 4.98 Å². The first kappa shape index (κ1) is 111. The van der Waals surface area contributed by atoms with Crippen LogP contribution in [0.3, 0.4) is 0 Å². The van der Waals surface area contributed by atoms with Crippen molar-refractivity contribution >= 4 is 89.0 Å². The number of aromatic nitrogens is 8. The minimum absolute atomic E-state index is 0.0190. The number of nitrogens with zero attached hydrogens (tertiary/aromatic N) is 8. The average Bonchev–Trinajstić information content (AvgIpc) is 1.54. The van der Waals surface area contributed by atoms with Gasteiger partial charge in [0.2, 0.25) is 0 Å². The maximum absolute atomic E-state index is 16.2. The van der Waals surface area contributed by atoms with Gasteiger partial charge < -0.3 is 33.9 Å². The van der Waals surface area contributed by atoms with E-state index in [9.17, 15) is 0 Å². The van der Waals surface area contributed by atoms with E-state index >= 15 is 19.2 Å². The summed E-state index contributed by atoms with van der Waals surface area (Å²) in [6.07, 6.45) is 77.3. The summed E-state index contributed by atoms with van der Waals surface area (Å²) in [6.45, 7) is 9.68. The number of hydrogen-bond donors (Lipinski definition) is 0. The van der Waals surface area contributed by atoms with Crippen molar-refractivity contribution in [2.24, 2.45) is 0 Å². The molecule has 17 nitrogen and oxygen atoms in total. The van der Waals surface area contributed by atoms with Crippen LogP contribution in [0.25, 0.3) is 133 Å². The first-order valence-electron chi connectivity index (χ1n) is 57.0. The Kier molecular flexibility index (Phi) is 50.4. The molecule has 763 valence electrons. The molecule has 18 heteroatoms. The zero-order chi connectivity index (χ0) is 99.2. The number of hydrogen-bond acceptors (Lipinski definition) is 16. The van der Waals surface area contributed by atoms with Gasteiger partial charge >= 0.3 is 44.9 Å². The van der Waals surface area contributed by atoms with Gasteiger partial charge in [-0.25, -0.2) is 24.4 Å². The molecule has 0 amide bonds. The first-order valence-corrected chi connectivity index (χ1v) is 57.6. The minimum atomic E-state index is -0.641. The van der Waals surface area contributed by atoms with E-state index in [4.69, 9.17) is 62.5 Å². The fourth-order valence-electron chi connectivity index (χ4n) is 21.3. The van der Waals surface area contributed by atoms with Crippen molar-refractivity contribution in [3.8, 4) is 68.3 Å². The van der Waals surface area contributed by atoms with Crippen LogP contribution in [-0.4, -0.2) is 85.2 Å². The Morgan fingerprint density at radius 2 is 0.500 bits per heavy atom. The van der Waals surface area contributed by atoms with E-state index < -0.39 is 23.9 Å². The van der Waals surface area contributed by atoms with Gasteiger partial charge in [0.1, 0.15) is 5.82 Å². The van der Waals surface area contributed by atoms with Gasteiger partial charge in [-0.05, 0) is 98.1 Å². The number of rotatable bonds is 72. The Labute approximate surface area is 859 Å². The van der Waals surface area contributed by atoms with Gasteiger partial charge in [0.25, 0.3) is 0 Å². The fraction of sp³-hybridized carbons (Fsp3) is 0.581. The normalized spacial score (nSPS) is 11.8. The fourth-order valence-corrected chi connectivity index (χ4v) is 21.3. The molecule has 0 spiro atoms. The van der Waals surface area contributed by atoms with Crippen LogP contribution in [0.2, 0.25) is 0 Å². The molecule has 0 unspecified atom stereocenters. The van der Waals surface area contributed by atoms with Gasteiger partial charge in [0.15, 0.2) is 5.82 Å². The second-order valence-corrected chi connectivity index (χ2v) is 40.8. The molecule has 0 N–H and O–H groups in total. The van der Waals surface area contributed by atoms with Crippen LogP contribution in [0.4, 0.5) is 0 Å². The molecule has 8 bridgehead atoms. The predicted octanol–water partition coefficient (Wildman–Crippen LogP) is 36.4. The molecule has 0 atom stereocenters. The van der Waals surface area contributed by atoms with Crippen molar-refractivity contribution < 1.29 is 59.2 Å². The molecule has 0 saturated heterocycles. The second-order valence-electron chi connectivity index (χ2n) is 40.8. The van der Waals surface area contributed by atoms with E-state index in [1.54, 1.807) is 0 Å². The van der Waals surface area contributed by atoms with Crippen molar-refractivity contribution in [3.05, 3.63) is 144 Å². The molecule has 0 fully saturated rings. The summed E-state index contributed by atoms with van der Waals surface area (Å²) >= 11 is 1.06. The van der Waals surface area contributed by atoms with E-state index in [-0.39, 0.29) is 105 Å². The predicted molar refractivity (Wildman–Crippen MR) is 582 cm³/mol. The summed E-state index contributed by atoms with van der Waals surface area (Å²) in [7, 11) is 0. The van der Waals surface area contributed by atoms with Crippen molar-refractivity contribution in [1.29, 1.82) is 0 Å².